The molecule has 0 saturated heterocycles. The van der Waals surface area contributed by atoms with Crippen molar-refractivity contribution in [2.75, 3.05) is 11.9 Å². The molecule has 0 aromatic heterocycles. The highest BCUT2D eigenvalue weighted by molar-refractivity contribution is 5.78. The van der Waals surface area contributed by atoms with Crippen molar-refractivity contribution < 1.29 is 4.79 Å². The molecule has 1 aliphatic rings. The summed E-state index contributed by atoms with van der Waals surface area (Å²) in [5.41, 5.74) is 2.35. The minimum absolute atomic E-state index is 0.0129. The van der Waals surface area contributed by atoms with E-state index in [9.17, 15) is 4.79 Å². The van der Waals surface area contributed by atoms with Gasteiger partial charge in [0.05, 0.1) is 6.04 Å². The van der Waals surface area contributed by atoms with E-state index in [1.165, 1.54) is 5.56 Å². The van der Waals surface area contributed by atoms with Crippen LogP contribution in [0, 0.1) is 12.3 Å². The maximum atomic E-state index is 11.7. The topological polar surface area (TPSA) is 41.1 Å². The van der Waals surface area contributed by atoms with E-state index in [0.29, 0.717) is 6.42 Å². The van der Waals surface area contributed by atoms with E-state index in [0.717, 1.165) is 12.2 Å². The summed E-state index contributed by atoms with van der Waals surface area (Å²) >= 11 is 0. The Morgan fingerprint density at radius 2 is 2.41 bits per heavy atom. The van der Waals surface area contributed by atoms with Crippen LogP contribution in [0.2, 0.25) is 0 Å². The fourth-order valence-corrected chi connectivity index (χ4v) is 2.11. The van der Waals surface area contributed by atoms with Gasteiger partial charge in [0, 0.05) is 24.6 Å². The van der Waals surface area contributed by atoms with Crippen molar-refractivity contribution in [3.05, 3.63) is 29.8 Å². The first-order valence-electron chi connectivity index (χ1n) is 5.79. The normalized spacial score (nSPS) is 18.7. The van der Waals surface area contributed by atoms with Gasteiger partial charge in [-0.3, -0.25) is 4.79 Å². The molecular weight excluding hydrogens is 212 g/mol. The second-order valence-electron chi connectivity index (χ2n) is 4.33. The van der Waals surface area contributed by atoms with Crippen LogP contribution in [-0.2, 0) is 4.79 Å². The lowest BCUT2D eigenvalue weighted by Gasteiger charge is -2.12. The SMILES string of the molecule is C#CC(C)NC(=O)CC1CNc2ccccc21. The Morgan fingerprint density at radius 1 is 1.65 bits per heavy atom. The monoisotopic (exact) mass is 228 g/mol. The molecule has 88 valence electrons. The lowest BCUT2D eigenvalue weighted by molar-refractivity contribution is -0.121. The van der Waals surface area contributed by atoms with Crippen LogP contribution in [0.25, 0.3) is 0 Å². The third-order valence-electron chi connectivity index (χ3n) is 3.00. The number of fused-ring (bicyclic) bond motifs is 1. The lowest BCUT2D eigenvalue weighted by Crippen LogP contribution is -2.32. The summed E-state index contributed by atoms with van der Waals surface area (Å²) in [7, 11) is 0. The van der Waals surface area contributed by atoms with Gasteiger partial charge in [-0.25, -0.2) is 0 Å². The summed E-state index contributed by atoms with van der Waals surface area (Å²) in [6.07, 6.45) is 5.71. The number of rotatable bonds is 3. The highest BCUT2D eigenvalue weighted by atomic mass is 16.1. The first-order valence-corrected chi connectivity index (χ1v) is 5.79. The van der Waals surface area contributed by atoms with E-state index in [4.69, 9.17) is 6.42 Å². The molecule has 3 nitrogen and oxygen atoms in total. The summed E-state index contributed by atoms with van der Waals surface area (Å²) < 4.78 is 0. The fraction of sp³-hybridized carbons (Fsp3) is 0.357. The summed E-state index contributed by atoms with van der Waals surface area (Å²) in [6.45, 7) is 2.62. The van der Waals surface area contributed by atoms with Crippen molar-refractivity contribution in [3.63, 3.8) is 0 Å². The number of anilines is 1. The Bertz CT molecular complexity index is 462. The molecule has 1 aliphatic heterocycles. The van der Waals surface area contributed by atoms with E-state index in [1.54, 1.807) is 6.92 Å². The number of para-hydroxylation sites is 1. The van der Waals surface area contributed by atoms with Gasteiger partial charge in [-0.05, 0) is 18.6 Å². The van der Waals surface area contributed by atoms with Gasteiger partial charge in [-0.1, -0.05) is 24.1 Å². The van der Waals surface area contributed by atoms with E-state index in [2.05, 4.69) is 22.6 Å². The van der Waals surface area contributed by atoms with E-state index in [1.807, 2.05) is 18.2 Å². The van der Waals surface area contributed by atoms with Crippen LogP contribution in [0.1, 0.15) is 24.8 Å². The number of nitrogens with one attached hydrogen (secondary N) is 2. The number of terminal acetylenes is 1. The van der Waals surface area contributed by atoms with Gasteiger partial charge in [-0.2, -0.15) is 0 Å². The molecule has 0 spiro atoms. The van der Waals surface area contributed by atoms with Gasteiger partial charge in [0.2, 0.25) is 5.91 Å². The molecule has 1 amide bonds. The second kappa shape index (κ2) is 4.92. The highest BCUT2D eigenvalue weighted by Gasteiger charge is 2.24. The summed E-state index contributed by atoms with van der Waals surface area (Å²) in [6, 6.07) is 7.90. The molecule has 1 aromatic carbocycles. The maximum absolute atomic E-state index is 11.7. The third kappa shape index (κ3) is 2.59. The van der Waals surface area contributed by atoms with Gasteiger partial charge in [0.25, 0.3) is 0 Å². The Kier molecular flexibility index (Phi) is 3.34. The van der Waals surface area contributed by atoms with Crippen molar-refractivity contribution in [2.24, 2.45) is 0 Å². The Balaban J connectivity index is 1.98. The molecule has 2 unspecified atom stereocenters. The zero-order chi connectivity index (χ0) is 12.3. The fourth-order valence-electron chi connectivity index (χ4n) is 2.11. The van der Waals surface area contributed by atoms with Crippen molar-refractivity contribution >= 4 is 11.6 Å². The minimum Gasteiger partial charge on any atom is -0.384 e. The number of carbonyl (C=O) groups excluding carboxylic acids is 1. The van der Waals surface area contributed by atoms with Crippen LogP contribution in [0.5, 0.6) is 0 Å². The van der Waals surface area contributed by atoms with Crippen molar-refractivity contribution in [1.29, 1.82) is 0 Å². The molecule has 2 rings (SSSR count). The van der Waals surface area contributed by atoms with Crippen molar-refractivity contribution in [1.82, 2.24) is 5.32 Å². The van der Waals surface area contributed by atoms with E-state index >= 15 is 0 Å². The largest absolute Gasteiger partial charge is 0.384 e. The van der Waals surface area contributed by atoms with Crippen LogP contribution >= 0.6 is 0 Å². The average molecular weight is 228 g/mol. The number of carbonyl (C=O) groups is 1. The standard InChI is InChI=1S/C14H16N2O/c1-3-10(2)16-14(17)8-11-9-15-13-7-5-4-6-12(11)13/h1,4-7,10-11,15H,8-9H2,2H3,(H,16,17). The molecule has 0 bridgehead atoms. The van der Waals surface area contributed by atoms with Crippen LogP contribution in [-0.4, -0.2) is 18.5 Å². The Labute approximate surface area is 102 Å². The predicted molar refractivity (Wildman–Crippen MR) is 68.7 cm³/mol. The first-order chi connectivity index (χ1) is 8.20. The van der Waals surface area contributed by atoms with Gasteiger partial charge in [0.1, 0.15) is 0 Å². The summed E-state index contributed by atoms with van der Waals surface area (Å²) in [5, 5.41) is 6.09. The average Bonchev–Trinajstić information content (AvgIpc) is 2.72. The van der Waals surface area contributed by atoms with E-state index < -0.39 is 0 Å². The van der Waals surface area contributed by atoms with Gasteiger partial charge in [0.15, 0.2) is 0 Å². The number of amides is 1. The molecule has 1 aromatic rings. The maximum Gasteiger partial charge on any atom is 0.221 e. The zero-order valence-corrected chi connectivity index (χ0v) is 9.86. The molecule has 2 N–H and O–H groups in total. The molecule has 1 heterocycles. The zero-order valence-electron chi connectivity index (χ0n) is 9.86. The van der Waals surface area contributed by atoms with Crippen LogP contribution in [0.3, 0.4) is 0 Å². The molecule has 2 atom stereocenters. The van der Waals surface area contributed by atoms with E-state index in [-0.39, 0.29) is 17.9 Å². The smallest absolute Gasteiger partial charge is 0.221 e. The molecule has 0 aliphatic carbocycles. The molecule has 0 fully saturated rings. The number of hydrogen-bond acceptors (Lipinski definition) is 2. The molecular formula is C14H16N2O. The Morgan fingerprint density at radius 3 is 3.18 bits per heavy atom. The van der Waals surface area contributed by atoms with Gasteiger partial charge < -0.3 is 10.6 Å². The Hall–Kier alpha value is -1.95. The molecule has 17 heavy (non-hydrogen) atoms. The van der Waals surface area contributed by atoms with Crippen molar-refractivity contribution in [2.45, 2.75) is 25.3 Å². The van der Waals surface area contributed by atoms with Crippen LogP contribution in [0.15, 0.2) is 24.3 Å². The summed E-state index contributed by atoms with van der Waals surface area (Å²) in [4.78, 5) is 11.7. The van der Waals surface area contributed by atoms with Crippen molar-refractivity contribution in [3.8, 4) is 12.3 Å². The molecule has 0 radical (unpaired) electrons. The molecule has 3 heteroatoms. The quantitative estimate of drug-likeness (QED) is 0.773. The van der Waals surface area contributed by atoms with Gasteiger partial charge in [-0.15, -0.1) is 6.42 Å². The van der Waals surface area contributed by atoms with Crippen LogP contribution < -0.4 is 10.6 Å². The first kappa shape index (κ1) is 11.5. The number of hydrogen-bond donors (Lipinski definition) is 2. The van der Waals surface area contributed by atoms with Crippen LogP contribution in [0.4, 0.5) is 5.69 Å². The number of benzene rings is 1. The van der Waals surface area contributed by atoms with Gasteiger partial charge >= 0.3 is 0 Å². The second-order valence-corrected chi connectivity index (χ2v) is 4.33. The predicted octanol–water partition coefficient (Wildman–Crippen LogP) is 1.72. The minimum atomic E-state index is -0.202. The third-order valence-corrected chi connectivity index (χ3v) is 3.00. The summed E-state index contributed by atoms with van der Waals surface area (Å²) in [5.74, 6) is 2.75. The highest BCUT2D eigenvalue weighted by Crippen LogP contribution is 2.32. The molecule has 0 saturated carbocycles. The lowest BCUT2D eigenvalue weighted by atomic mass is 9.97.